The minimum atomic E-state index is -0.529. The minimum absolute atomic E-state index is 0.223. The molecular formula is C12H17NO3S. The lowest BCUT2D eigenvalue weighted by molar-refractivity contribution is -0.140. The normalized spacial score (nSPS) is 12.1. The Morgan fingerprint density at radius 3 is 2.71 bits per heavy atom. The van der Waals surface area contributed by atoms with E-state index in [0.29, 0.717) is 23.6 Å². The Kier molecular flexibility index (Phi) is 5.86. The van der Waals surface area contributed by atoms with E-state index in [4.69, 9.17) is 5.73 Å². The summed E-state index contributed by atoms with van der Waals surface area (Å²) in [5.74, 6) is 0.985. The molecule has 0 fully saturated rings. The van der Waals surface area contributed by atoms with Gasteiger partial charge in [0.1, 0.15) is 0 Å². The largest absolute Gasteiger partial charge is 0.469 e. The molecule has 0 saturated heterocycles. The maximum Gasteiger partial charge on any atom is 0.306 e. The van der Waals surface area contributed by atoms with E-state index < -0.39 is 6.10 Å². The van der Waals surface area contributed by atoms with Gasteiger partial charge in [-0.1, -0.05) is 12.1 Å². The fourth-order valence-electron chi connectivity index (χ4n) is 1.27. The van der Waals surface area contributed by atoms with Crippen molar-refractivity contribution in [2.75, 3.05) is 24.3 Å². The number of carbonyl (C=O) groups is 1. The van der Waals surface area contributed by atoms with Gasteiger partial charge in [-0.05, 0) is 17.7 Å². The van der Waals surface area contributed by atoms with Crippen LogP contribution in [0, 0.1) is 0 Å². The highest BCUT2D eigenvalue weighted by molar-refractivity contribution is 7.99. The number of carbonyl (C=O) groups excluding carboxylic acids is 1. The maximum absolute atomic E-state index is 10.9. The van der Waals surface area contributed by atoms with Crippen molar-refractivity contribution < 1.29 is 14.6 Å². The summed E-state index contributed by atoms with van der Waals surface area (Å²) in [7, 11) is 1.37. The predicted molar refractivity (Wildman–Crippen MR) is 69.8 cm³/mol. The number of hydrogen-bond acceptors (Lipinski definition) is 5. The van der Waals surface area contributed by atoms with Crippen LogP contribution in [0.15, 0.2) is 24.3 Å². The van der Waals surface area contributed by atoms with Crippen molar-refractivity contribution in [3.8, 4) is 0 Å². The Hall–Kier alpha value is -1.20. The van der Waals surface area contributed by atoms with Crippen LogP contribution in [0.25, 0.3) is 0 Å². The molecule has 0 aliphatic heterocycles. The number of hydrogen-bond donors (Lipinski definition) is 2. The van der Waals surface area contributed by atoms with Crippen LogP contribution in [0.1, 0.15) is 18.1 Å². The number of aliphatic hydroxyl groups excluding tert-OH is 1. The summed E-state index contributed by atoms with van der Waals surface area (Å²) < 4.78 is 4.53. The van der Waals surface area contributed by atoms with Gasteiger partial charge in [0.05, 0.1) is 19.6 Å². The second-order valence-electron chi connectivity index (χ2n) is 3.58. The van der Waals surface area contributed by atoms with E-state index in [0.717, 1.165) is 5.56 Å². The Morgan fingerprint density at radius 1 is 1.47 bits per heavy atom. The first kappa shape index (κ1) is 13.9. The van der Waals surface area contributed by atoms with Gasteiger partial charge in [-0.2, -0.15) is 11.8 Å². The van der Waals surface area contributed by atoms with Gasteiger partial charge < -0.3 is 15.6 Å². The molecule has 0 bridgehead atoms. The average molecular weight is 255 g/mol. The molecule has 1 aromatic carbocycles. The van der Waals surface area contributed by atoms with Gasteiger partial charge in [-0.15, -0.1) is 0 Å². The molecule has 1 unspecified atom stereocenters. The summed E-state index contributed by atoms with van der Waals surface area (Å²) in [5.41, 5.74) is 7.08. The fourth-order valence-corrected chi connectivity index (χ4v) is 2.16. The first-order valence-electron chi connectivity index (χ1n) is 5.31. The molecule has 0 aromatic heterocycles. The summed E-state index contributed by atoms with van der Waals surface area (Å²) in [4.78, 5) is 10.9. The van der Waals surface area contributed by atoms with Crippen molar-refractivity contribution in [3.63, 3.8) is 0 Å². The predicted octanol–water partition coefficient (Wildman–Crippen LogP) is 1.60. The molecule has 0 saturated carbocycles. The van der Waals surface area contributed by atoms with Gasteiger partial charge in [-0.3, -0.25) is 4.79 Å². The lowest BCUT2D eigenvalue weighted by Gasteiger charge is -2.10. The number of aliphatic hydroxyl groups is 1. The van der Waals surface area contributed by atoms with Gasteiger partial charge in [0.15, 0.2) is 0 Å². The second kappa shape index (κ2) is 7.19. The third kappa shape index (κ3) is 5.10. The molecule has 17 heavy (non-hydrogen) atoms. The number of thioether (sulfide) groups is 1. The van der Waals surface area contributed by atoms with Crippen LogP contribution in [-0.4, -0.2) is 29.7 Å². The van der Waals surface area contributed by atoms with Gasteiger partial charge in [-0.25, -0.2) is 0 Å². The van der Waals surface area contributed by atoms with Crippen LogP contribution >= 0.6 is 11.8 Å². The zero-order chi connectivity index (χ0) is 12.7. The monoisotopic (exact) mass is 255 g/mol. The molecule has 4 nitrogen and oxygen atoms in total. The van der Waals surface area contributed by atoms with E-state index in [-0.39, 0.29) is 5.97 Å². The number of benzene rings is 1. The molecular weight excluding hydrogens is 238 g/mol. The summed E-state index contributed by atoms with van der Waals surface area (Å²) in [6.45, 7) is 0. The van der Waals surface area contributed by atoms with Crippen LogP contribution < -0.4 is 5.73 Å². The Bertz CT molecular complexity index is 353. The molecule has 0 aliphatic rings. The van der Waals surface area contributed by atoms with E-state index in [1.807, 2.05) is 0 Å². The highest BCUT2D eigenvalue weighted by Crippen LogP contribution is 2.19. The van der Waals surface area contributed by atoms with Crippen molar-refractivity contribution in [2.45, 2.75) is 12.5 Å². The number of methoxy groups -OCH3 is 1. The zero-order valence-corrected chi connectivity index (χ0v) is 10.6. The molecule has 0 aliphatic carbocycles. The van der Waals surface area contributed by atoms with Crippen molar-refractivity contribution in [3.05, 3.63) is 29.8 Å². The number of nitrogens with two attached hydrogens (primary N) is 1. The minimum Gasteiger partial charge on any atom is -0.469 e. The zero-order valence-electron chi connectivity index (χ0n) is 9.76. The molecule has 5 heteroatoms. The first-order chi connectivity index (χ1) is 8.13. The van der Waals surface area contributed by atoms with Crippen LogP contribution in [-0.2, 0) is 9.53 Å². The van der Waals surface area contributed by atoms with Crippen LogP contribution in [0.2, 0.25) is 0 Å². The molecule has 0 spiro atoms. The molecule has 3 N–H and O–H groups in total. The smallest absolute Gasteiger partial charge is 0.306 e. The second-order valence-corrected chi connectivity index (χ2v) is 4.73. The molecule has 1 aromatic rings. The Morgan fingerprint density at radius 2 is 2.12 bits per heavy atom. The van der Waals surface area contributed by atoms with E-state index in [9.17, 15) is 9.90 Å². The third-order valence-corrected chi connectivity index (χ3v) is 3.32. The summed E-state index contributed by atoms with van der Waals surface area (Å²) in [6, 6.07) is 7.14. The quantitative estimate of drug-likeness (QED) is 0.459. The van der Waals surface area contributed by atoms with E-state index >= 15 is 0 Å². The average Bonchev–Trinajstić information content (AvgIpc) is 2.34. The van der Waals surface area contributed by atoms with Crippen molar-refractivity contribution >= 4 is 23.4 Å². The van der Waals surface area contributed by atoms with Gasteiger partial charge in [0.25, 0.3) is 0 Å². The standard InChI is InChI=1S/C12H17NO3S/c1-16-12(15)6-7-17-8-11(14)9-2-4-10(13)5-3-9/h2-5,11,14H,6-8,13H2,1H3. The molecule has 1 atom stereocenters. The highest BCUT2D eigenvalue weighted by atomic mass is 32.2. The molecule has 94 valence electrons. The Labute approximate surface area is 105 Å². The van der Waals surface area contributed by atoms with Gasteiger partial charge >= 0.3 is 5.97 Å². The summed E-state index contributed by atoms with van der Waals surface area (Å²) in [6.07, 6.45) is -0.159. The van der Waals surface area contributed by atoms with Crippen LogP contribution in [0.4, 0.5) is 5.69 Å². The number of rotatable bonds is 6. The fraction of sp³-hybridized carbons (Fsp3) is 0.417. The number of ether oxygens (including phenoxy) is 1. The maximum atomic E-state index is 10.9. The Balaban J connectivity index is 2.27. The van der Waals surface area contributed by atoms with E-state index in [1.165, 1.54) is 18.9 Å². The van der Waals surface area contributed by atoms with Gasteiger partial charge in [0, 0.05) is 17.2 Å². The molecule has 0 heterocycles. The topological polar surface area (TPSA) is 72.5 Å². The van der Waals surface area contributed by atoms with Crippen LogP contribution in [0.3, 0.4) is 0 Å². The van der Waals surface area contributed by atoms with Crippen molar-refractivity contribution in [2.24, 2.45) is 0 Å². The summed E-state index contributed by atoms with van der Waals surface area (Å²) >= 11 is 1.52. The third-order valence-electron chi connectivity index (χ3n) is 2.28. The lowest BCUT2D eigenvalue weighted by atomic mass is 10.1. The van der Waals surface area contributed by atoms with Gasteiger partial charge in [0.2, 0.25) is 0 Å². The number of anilines is 1. The van der Waals surface area contributed by atoms with Crippen molar-refractivity contribution in [1.29, 1.82) is 0 Å². The van der Waals surface area contributed by atoms with E-state index in [1.54, 1.807) is 24.3 Å². The van der Waals surface area contributed by atoms with E-state index in [2.05, 4.69) is 4.74 Å². The highest BCUT2D eigenvalue weighted by Gasteiger charge is 2.08. The molecule has 1 rings (SSSR count). The number of nitrogen functional groups attached to an aromatic ring is 1. The van der Waals surface area contributed by atoms with Crippen molar-refractivity contribution in [1.82, 2.24) is 0 Å². The number of esters is 1. The first-order valence-corrected chi connectivity index (χ1v) is 6.47. The molecule has 0 amide bonds. The lowest BCUT2D eigenvalue weighted by Crippen LogP contribution is -2.04. The van der Waals surface area contributed by atoms with Crippen LogP contribution in [0.5, 0.6) is 0 Å². The summed E-state index contributed by atoms with van der Waals surface area (Å²) in [5, 5.41) is 9.86. The molecule has 0 radical (unpaired) electrons. The SMILES string of the molecule is COC(=O)CCSCC(O)c1ccc(N)cc1.